The first-order chi connectivity index (χ1) is 16.1. The maximum absolute atomic E-state index is 14.7. The minimum atomic E-state index is -0.832. The molecular formula is C25H18F2N4OS. The molecule has 33 heavy (non-hydrogen) atoms. The molecule has 0 fully saturated rings. The van der Waals surface area contributed by atoms with Crippen molar-refractivity contribution in [2.24, 2.45) is 0 Å². The number of hydrogen-bond acceptors (Lipinski definition) is 4. The van der Waals surface area contributed by atoms with Crippen LogP contribution in [0.3, 0.4) is 0 Å². The first kappa shape index (κ1) is 21.1. The average molecular weight is 461 g/mol. The third kappa shape index (κ3) is 4.29. The highest BCUT2D eigenvalue weighted by atomic mass is 32.2. The maximum Gasteiger partial charge on any atom is 0.266 e. The lowest BCUT2D eigenvalue weighted by Crippen LogP contribution is -2.23. The second-order valence-corrected chi connectivity index (χ2v) is 8.34. The number of imidazole rings is 1. The van der Waals surface area contributed by atoms with Gasteiger partial charge in [-0.15, -0.1) is 0 Å². The standard InChI is InChI=1S/C25H18F2N4OS/c26-18-10-11-22(20(27)14-18)31-24(32)19-8-4-5-9-21(19)29-25(31)33-16-23-28-12-13-30(23)15-17-6-2-1-3-7-17/h1-14H,15-16H2. The lowest BCUT2D eigenvalue weighted by molar-refractivity contribution is 0.572. The number of para-hydroxylation sites is 1. The molecule has 0 aliphatic heterocycles. The zero-order chi connectivity index (χ0) is 22.8. The first-order valence-corrected chi connectivity index (χ1v) is 11.2. The Balaban J connectivity index is 1.54. The van der Waals surface area contributed by atoms with Crippen molar-refractivity contribution in [2.45, 2.75) is 17.5 Å². The van der Waals surface area contributed by atoms with E-state index in [1.165, 1.54) is 22.4 Å². The second-order valence-electron chi connectivity index (χ2n) is 7.39. The number of fused-ring (bicyclic) bond motifs is 1. The molecule has 5 aromatic rings. The summed E-state index contributed by atoms with van der Waals surface area (Å²) in [5.74, 6) is -0.345. The highest BCUT2D eigenvalue weighted by Crippen LogP contribution is 2.26. The van der Waals surface area contributed by atoms with Crippen molar-refractivity contribution in [3.8, 4) is 5.69 Å². The van der Waals surface area contributed by atoms with Crippen LogP contribution in [0.25, 0.3) is 16.6 Å². The zero-order valence-corrected chi connectivity index (χ0v) is 18.2. The Hall–Kier alpha value is -3.78. The van der Waals surface area contributed by atoms with Crippen LogP contribution in [0.2, 0.25) is 0 Å². The van der Waals surface area contributed by atoms with Crippen molar-refractivity contribution in [2.75, 3.05) is 0 Å². The van der Waals surface area contributed by atoms with Crippen molar-refractivity contribution in [1.29, 1.82) is 0 Å². The normalized spacial score (nSPS) is 11.2. The summed E-state index contributed by atoms with van der Waals surface area (Å²) in [5, 5.41) is 0.662. The van der Waals surface area contributed by atoms with Gasteiger partial charge >= 0.3 is 0 Å². The largest absolute Gasteiger partial charge is 0.330 e. The molecule has 2 heterocycles. The van der Waals surface area contributed by atoms with E-state index in [1.54, 1.807) is 30.5 Å². The van der Waals surface area contributed by atoms with Crippen LogP contribution >= 0.6 is 11.8 Å². The number of rotatable bonds is 6. The van der Waals surface area contributed by atoms with Crippen molar-refractivity contribution < 1.29 is 8.78 Å². The Morgan fingerprint density at radius 2 is 1.73 bits per heavy atom. The van der Waals surface area contributed by atoms with Crippen LogP contribution in [0, 0.1) is 11.6 Å². The van der Waals surface area contributed by atoms with Gasteiger partial charge in [-0.05, 0) is 29.8 Å². The fourth-order valence-electron chi connectivity index (χ4n) is 3.62. The third-order valence-corrected chi connectivity index (χ3v) is 6.16. The molecule has 3 aromatic carbocycles. The Labute approximate surface area is 192 Å². The van der Waals surface area contributed by atoms with Crippen LogP contribution < -0.4 is 5.56 Å². The van der Waals surface area contributed by atoms with Crippen molar-refractivity contribution >= 4 is 22.7 Å². The van der Waals surface area contributed by atoms with Gasteiger partial charge in [0.1, 0.15) is 17.5 Å². The molecule has 0 atom stereocenters. The number of nitrogens with zero attached hydrogens (tertiary/aromatic N) is 4. The molecule has 0 N–H and O–H groups in total. The second kappa shape index (κ2) is 8.99. The van der Waals surface area contributed by atoms with Gasteiger partial charge in [-0.1, -0.05) is 54.2 Å². The summed E-state index contributed by atoms with van der Waals surface area (Å²) < 4.78 is 31.4. The van der Waals surface area contributed by atoms with E-state index in [9.17, 15) is 13.6 Å². The van der Waals surface area contributed by atoms with Gasteiger partial charge in [-0.25, -0.2) is 18.7 Å². The number of thioether (sulfide) groups is 1. The minimum Gasteiger partial charge on any atom is -0.330 e. The molecule has 0 aliphatic rings. The molecule has 0 amide bonds. The van der Waals surface area contributed by atoms with Gasteiger partial charge in [0.25, 0.3) is 5.56 Å². The fourth-order valence-corrected chi connectivity index (χ4v) is 4.59. The van der Waals surface area contributed by atoms with Gasteiger partial charge in [0.2, 0.25) is 0 Å². The van der Waals surface area contributed by atoms with E-state index in [-0.39, 0.29) is 5.69 Å². The van der Waals surface area contributed by atoms with Crippen LogP contribution in [0.1, 0.15) is 11.4 Å². The van der Waals surface area contributed by atoms with Gasteiger partial charge in [-0.2, -0.15) is 0 Å². The molecule has 164 valence electrons. The van der Waals surface area contributed by atoms with Crippen LogP contribution in [0.4, 0.5) is 8.78 Å². The molecule has 0 saturated carbocycles. The van der Waals surface area contributed by atoms with E-state index in [2.05, 4.69) is 9.97 Å². The van der Waals surface area contributed by atoms with Gasteiger partial charge in [0, 0.05) is 25.0 Å². The van der Waals surface area contributed by atoms with Crippen LogP contribution in [-0.4, -0.2) is 19.1 Å². The highest BCUT2D eigenvalue weighted by molar-refractivity contribution is 7.98. The van der Waals surface area contributed by atoms with Crippen LogP contribution in [-0.2, 0) is 12.3 Å². The molecule has 0 aliphatic carbocycles. The summed E-state index contributed by atoms with van der Waals surface area (Å²) in [4.78, 5) is 22.3. The van der Waals surface area contributed by atoms with Gasteiger partial charge in [0.05, 0.1) is 22.3 Å². The van der Waals surface area contributed by atoms with Gasteiger partial charge in [0.15, 0.2) is 5.16 Å². The summed E-state index contributed by atoms with van der Waals surface area (Å²) in [6, 6.07) is 20.0. The molecular weight excluding hydrogens is 442 g/mol. The first-order valence-electron chi connectivity index (χ1n) is 10.2. The Bertz CT molecular complexity index is 1500. The minimum absolute atomic E-state index is 0.0465. The maximum atomic E-state index is 14.7. The molecule has 0 bridgehead atoms. The van der Waals surface area contributed by atoms with E-state index >= 15 is 0 Å². The van der Waals surface area contributed by atoms with Crippen molar-refractivity contribution in [3.63, 3.8) is 0 Å². The predicted molar refractivity (Wildman–Crippen MR) is 125 cm³/mol. The number of aromatic nitrogens is 4. The Morgan fingerprint density at radius 1 is 0.939 bits per heavy atom. The Morgan fingerprint density at radius 3 is 2.55 bits per heavy atom. The molecule has 0 saturated heterocycles. The molecule has 5 rings (SSSR count). The molecule has 2 aromatic heterocycles. The molecule has 5 nitrogen and oxygen atoms in total. The molecule has 0 radical (unpaired) electrons. The van der Waals surface area contributed by atoms with E-state index in [0.29, 0.717) is 28.4 Å². The van der Waals surface area contributed by atoms with Crippen LogP contribution in [0.5, 0.6) is 0 Å². The lowest BCUT2D eigenvalue weighted by atomic mass is 10.2. The smallest absolute Gasteiger partial charge is 0.266 e. The molecule has 0 unspecified atom stereocenters. The van der Waals surface area contributed by atoms with E-state index in [1.807, 2.05) is 41.1 Å². The monoisotopic (exact) mass is 460 g/mol. The SMILES string of the molecule is O=c1c2ccccc2nc(SCc2nccn2Cc2ccccc2)n1-c1ccc(F)cc1F. The number of benzene rings is 3. The predicted octanol–water partition coefficient (Wildman–Crippen LogP) is 5.20. The lowest BCUT2D eigenvalue weighted by Gasteiger charge is -2.14. The summed E-state index contributed by atoms with van der Waals surface area (Å²) in [7, 11) is 0. The summed E-state index contributed by atoms with van der Waals surface area (Å²) >= 11 is 1.27. The number of hydrogen-bond donors (Lipinski definition) is 0. The topological polar surface area (TPSA) is 52.7 Å². The van der Waals surface area contributed by atoms with E-state index in [4.69, 9.17) is 0 Å². The van der Waals surface area contributed by atoms with Crippen molar-refractivity contribution in [3.05, 3.63) is 119 Å². The average Bonchev–Trinajstić information content (AvgIpc) is 3.26. The van der Waals surface area contributed by atoms with E-state index < -0.39 is 17.2 Å². The van der Waals surface area contributed by atoms with Crippen molar-refractivity contribution in [1.82, 2.24) is 19.1 Å². The number of halogens is 2. The Kier molecular flexibility index (Phi) is 5.75. The van der Waals surface area contributed by atoms with Gasteiger partial charge in [-0.3, -0.25) is 9.36 Å². The molecule has 8 heteroatoms. The van der Waals surface area contributed by atoms with E-state index in [0.717, 1.165) is 23.5 Å². The summed E-state index contributed by atoms with van der Waals surface area (Å²) in [5.41, 5.74) is 1.18. The highest BCUT2D eigenvalue weighted by Gasteiger charge is 2.17. The summed E-state index contributed by atoms with van der Waals surface area (Å²) in [6.45, 7) is 0.654. The quantitative estimate of drug-likeness (QED) is 0.258. The third-order valence-electron chi connectivity index (χ3n) is 5.22. The zero-order valence-electron chi connectivity index (χ0n) is 17.4. The fraction of sp³-hybridized carbons (Fsp3) is 0.0800. The van der Waals surface area contributed by atoms with Gasteiger partial charge < -0.3 is 4.57 Å². The molecule has 0 spiro atoms. The van der Waals surface area contributed by atoms with Crippen LogP contribution in [0.15, 0.2) is 95.1 Å². The summed E-state index contributed by atoms with van der Waals surface area (Å²) in [6.07, 6.45) is 3.61.